The molecule has 3 rings (SSSR count). The summed E-state index contributed by atoms with van der Waals surface area (Å²) in [7, 11) is 1.65. The topological polar surface area (TPSA) is 64.6 Å². The lowest BCUT2D eigenvalue weighted by Gasteiger charge is -2.09. The lowest BCUT2D eigenvalue weighted by atomic mass is 10.0. The van der Waals surface area contributed by atoms with Crippen LogP contribution in [0.3, 0.4) is 0 Å². The number of hydrogen-bond donors (Lipinski definition) is 1. The zero-order valence-corrected chi connectivity index (χ0v) is 17.3. The van der Waals surface area contributed by atoms with Gasteiger partial charge in [-0.05, 0) is 59.7 Å². The molecule has 3 aromatic rings. The first-order chi connectivity index (χ1) is 14.5. The molecule has 0 aliphatic carbocycles. The summed E-state index contributed by atoms with van der Waals surface area (Å²) in [5.74, 6) is 0.187. The number of carbonyl (C=O) groups is 2. The molecular formula is C24H22ClNO4. The van der Waals surface area contributed by atoms with Crippen LogP contribution in [0.25, 0.3) is 0 Å². The van der Waals surface area contributed by atoms with E-state index in [1.165, 1.54) is 0 Å². The number of benzene rings is 3. The third-order valence-electron chi connectivity index (χ3n) is 4.42. The van der Waals surface area contributed by atoms with Crippen molar-refractivity contribution < 1.29 is 19.1 Å². The number of methoxy groups -OCH3 is 1. The summed E-state index contributed by atoms with van der Waals surface area (Å²) in [6.45, 7) is 0.876. The van der Waals surface area contributed by atoms with Gasteiger partial charge in [-0.25, -0.2) is 0 Å². The van der Waals surface area contributed by atoms with Gasteiger partial charge in [0.15, 0.2) is 12.4 Å². The fraction of sp³-hybridized carbons (Fsp3) is 0.167. The van der Waals surface area contributed by atoms with Crippen molar-refractivity contribution in [2.24, 2.45) is 0 Å². The molecule has 0 aliphatic rings. The van der Waals surface area contributed by atoms with Crippen LogP contribution in [0.1, 0.15) is 27.0 Å². The van der Waals surface area contributed by atoms with Crippen LogP contribution in [-0.4, -0.2) is 25.4 Å². The molecule has 5 nitrogen and oxygen atoms in total. The molecule has 0 saturated carbocycles. The summed E-state index contributed by atoms with van der Waals surface area (Å²) >= 11 is 5.85. The predicted octanol–water partition coefficient (Wildman–Crippen LogP) is 4.41. The summed E-state index contributed by atoms with van der Waals surface area (Å²) in [5, 5.41) is 3.40. The third-order valence-corrected chi connectivity index (χ3v) is 4.67. The Labute approximate surface area is 180 Å². The minimum Gasteiger partial charge on any atom is -0.484 e. The first-order valence-corrected chi connectivity index (χ1v) is 9.79. The van der Waals surface area contributed by atoms with Crippen LogP contribution in [0, 0.1) is 0 Å². The summed E-state index contributed by atoms with van der Waals surface area (Å²) in [4.78, 5) is 24.5. The van der Waals surface area contributed by atoms with E-state index in [-0.39, 0.29) is 18.3 Å². The van der Waals surface area contributed by atoms with E-state index in [1.54, 1.807) is 55.6 Å². The molecular weight excluding hydrogens is 402 g/mol. The molecule has 154 valence electrons. The van der Waals surface area contributed by atoms with Gasteiger partial charge < -0.3 is 14.8 Å². The van der Waals surface area contributed by atoms with E-state index >= 15 is 0 Å². The average Bonchev–Trinajstić information content (AvgIpc) is 2.78. The Morgan fingerprint density at radius 1 is 0.833 bits per heavy atom. The van der Waals surface area contributed by atoms with Crippen LogP contribution < -0.4 is 10.1 Å². The van der Waals surface area contributed by atoms with Crippen molar-refractivity contribution in [2.75, 3.05) is 13.7 Å². The Hall–Kier alpha value is -3.15. The molecule has 0 radical (unpaired) electrons. The van der Waals surface area contributed by atoms with Gasteiger partial charge in [0.25, 0.3) is 5.91 Å². The normalized spacial score (nSPS) is 10.5. The largest absolute Gasteiger partial charge is 0.484 e. The number of halogens is 1. The second-order valence-electron chi connectivity index (χ2n) is 6.68. The average molecular weight is 424 g/mol. The van der Waals surface area contributed by atoms with E-state index < -0.39 is 0 Å². The van der Waals surface area contributed by atoms with Crippen LogP contribution in [0.4, 0.5) is 0 Å². The fourth-order valence-electron chi connectivity index (χ4n) is 2.79. The van der Waals surface area contributed by atoms with E-state index in [2.05, 4.69) is 5.32 Å². The monoisotopic (exact) mass is 423 g/mol. The minimum atomic E-state index is -0.225. The van der Waals surface area contributed by atoms with Crippen molar-refractivity contribution in [3.8, 4) is 5.75 Å². The maximum absolute atomic E-state index is 12.5. The summed E-state index contributed by atoms with van der Waals surface area (Å²) in [5.41, 5.74) is 3.16. The number of hydrogen-bond acceptors (Lipinski definition) is 4. The predicted molar refractivity (Wildman–Crippen MR) is 116 cm³/mol. The van der Waals surface area contributed by atoms with Crippen LogP contribution in [-0.2, 0) is 22.7 Å². The highest BCUT2D eigenvalue weighted by molar-refractivity contribution is 6.30. The zero-order chi connectivity index (χ0) is 21.3. The first-order valence-electron chi connectivity index (χ1n) is 9.42. The second-order valence-corrected chi connectivity index (χ2v) is 7.11. The first kappa shape index (κ1) is 21.6. The molecule has 6 heteroatoms. The minimum absolute atomic E-state index is 0.104. The highest BCUT2D eigenvalue weighted by atomic mass is 35.5. The highest BCUT2D eigenvalue weighted by Gasteiger charge is 2.09. The molecule has 0 saturated heterocycles. The maximum atomic E-state index is 12.5. The quantitative estimate of drug-likeness (QED) is 0.518. The second kappa shape index (κ2) is 10.6. The number of amides is 1. The Kier molecular flexibility index (Phi) is 7.60. The molecule has 0 aliphatic heterocycles. The third kappa shape index (κ3) is 6.17. The van der Waals surface area contributed by atoms with Gasteiger partial charge in [-0.3, -0.25) is 9.59 Å². The number of rotatable bonds is 9. The van der Waals surface area contributed by atoms with Crippen LogP contribution in [0.5, 0.6) is 5.75 Å². The van der Waals surface area contributed by atoms with Crippen molar-refractivity contribution in [1.82, 2.24) is 5.32 Å². The zero-order valence-electron chi connectivity index (χ0n) is 16.6. The highest BCUT2D eigenvalue weighted by Crippen LogP contribution is 2.17. The van der Waals surface area contributed by atoms with E-state index in [9.17, 15) is 9.59 Å². The molecule has 1 amide bonds. The van der Waals surface area contributed by atoms with Gasteiger partial charge in [0.2, 0.25) is 0 Å². The lowest BCUT2D eigenvalue weighted by Crippen LogP contribution is -2.28. The Morgan fingerprint density at radius 2 is 1.40 bits per heavy atom. The van der Waals surface area contributed by atoms with Gasteiger partial charge in [0.1, 0.15) is 5.75 Å². The Balaban J connectivity index is 1.46. The molecule has 0 unspecified atom stereocenters. The SMILES string of the molecule is COCc1ccc(CNC(=O)COc2ccc(C(=O)c3ccc(Cl)cc3)cc2)cc1. The molecule has 0 heterocycles. The van der Waals surface area contributed by atoms with Gasteiger partial charge in [0.05, 0.1) is 6.61 Å². The fourth-order valence-corrected chi connectivity index (χ4v) is 2.92. The summed E-state index contributed by atoms with van der Waals surface area (Å²) < 4.78 is 10.6. The molecule has 1 N–H and O–H groups in total. The maximum Gasteiger partial charge on any atom is 0.258 e. The molecule has 0 aromatic heterocycles. The number of ether oxygens (including phenoxy) is 2. The van der Waals surface area contributed by atoms with E-state index in [4.69, 9.17) is 21.1 Å². The van der Waals surface area contributed by atoms with Gasteiger partial charge in [0, 0.05) is 29.8 Å². The molecule has 3 aromatic carbocycles. The summed E-state index contributed by atoms with van der Waals surface area (Å²) in [6, 6.07) is 21.3. The van der Waals surface area contributed by atoms with E-state index in [1.807, 2.05) is 24.3 Å². The van der Waals surface area contributed by atoms with Gasteiger partial charge in [-0.2, -0.15) is 0 Å². The van der Waals surface area contributed by atoms with Gasteiger partial charge in [-0.1, -0.05) is 35.9 Å². The van der Waals surface area contributed by atoms with Crippen LogP contribution in [0.15, 0.2) is 72.8 Å². The molecule has 0 atom stereocenters. The number of carbonyl (C=O) groups excluding carboxylic acids is 2. The van der Waals surface area contributed by atoms with Crippen LogP contribution in [0.2, 0.25) is 5.02 Å². The Bertz CT molecular complexity index is 983. The van der Waals surface area contributed by atoms with Crippen molar-refractivity contribution in [3.63, 3.8) is 0 Å². The van der Waals surface area contributed by atoms with Gasteiger partial charge >= 0.3 is 0 Å². The molecule has 0 spiro atoms. The number of nitrogens with one attached hydrogen (secondary N) is 1. The Morgan fingerprint density at radius 3 is 2.00 bits per heavy atom. The van der Waals surface area contributed by atoms with Crippen molar-refractivity contribution in [2.45, 2.75) is 13.2 Å². The van der Waals surface area contributed by atoms with Crippen LogP contribution >= 0.6 is 11.6 Å². The van der Waals surface area contributed by atoms with Gasteiger partial charge in [-0.15, -0.1) is 0 Å². The number of ketones is 1. The summed E-state index contributed by atoms with van der Waals surface area (Å²) in [6.07, 6.45) is 0. The lowest BCUT2D eigenvalue weighted by molar-refractivity contribution is -0.123. The van der Waals surface area contributed by atoms with Crippen molar-refractivity contribution in [1.29, 1.82) is 0 Å². The van der Waals surface area contributed by atoms with E-state index in [0.29, 0.717) is 35.1 Å². The molecule has 30 heavy (non-hydrogen) atoms. The standard InChI is InChI=1S/C24H22ClNO4/c1-29-15-18-4-2-17(3-5-18)14-26-23(27)16-30-22-12-8-20(9-13-22)24(28)19-6-10-21(25)11-7-19/h2-13H,14-16H2,1H3,(H,26,27). The smallest absolute Gasteiger partial charge is 0.258 e. The van der Waals surface area contributed by atoms with Crippen molar-refractivity contribution >= 4 is 23.3 Å². The molecule has 0 fully saturated rings. The van der Waals surface area contributed by atoms with Crippen molar-refractivity contribution in [3.05, 3.63) is 100 Å². The van der Waals surface area contributed by atoms with E-state index in [0.717, 1.165) is 11.1 Å². The molecule has 0 bridgehead atoms.